The monoisotopic (exact) mass is 230 g/mol. The first-order chi connectivity index (χ1) is 7.70. The van der Waals surface area contributed by atoms with Crippen molar-refractivity contribution in [2.45, 2.75) is 19.8 Å². The fraction of sp³-hybridized carbons (Fsp3) is 1.00. The highest BCUT2D eigenvalue weighted by atomic mass is 15.1. The summed E-state index contributed by atoms with van der Waals surface area (Å²) in [6.07, 6.45) is 2.33. The number of hydrogen-bond donors (Lipinski definition) is 2. The van der Waals surface area contributed by atoms with E-state index in [1.54, 1.807) is 0 Å². The van der Waals surface area contributed by atoms with E-state index in [-0.39, 0.29) is 0 Å². The quantitative estimate of drug-likeness (QED) is 0.498. The molecule has 98 valence electrons. The van der Waals surface area contributed by atoms with Gasteiger partial charge in [0.05, 0.1) is 0 Å². The Balaban J connectivity index is 3.27. The molecule has 0 amide bonds. The molecule has 0 aliphatic heterocycles. The third-order valence-corrected chi connectivity index (χ3v) is 2.69. The standard InChI is InChI=1S/C12H30N4/c1-4-16(11-5-7-13)12-9-14-8-6-10-15(2)3/h14H,4-13H2,1-3H3. The second-order valence-electron chi connectivity index (χ2n) is 4.48. The van der Waals surface area contributed by atoms with Crippen LogP contribution in [0.5, 0.6) is 0 Å². The Morgan fingerprint density at radius 2 is 1.75 bits per heavy atom. The number of likely N-dealkylation sites (N-methyl/N-ethyl adjacent to an activating group) is 1. The smallest absolute Gasteiger partial charge is 0.0107 e. The normalized spacial score (nSPS) is 11.6. The molecule has 0 saturated carbocycles. The molecule has 4 nitrogen and oxygen atoms in total. The highest BCUT2D eigenvalue weighted by molar-refractivity contribution is 4.59. The van der Waals surface area contributed by atoms with Crippen LogP contribution < -0.4 is 11.1 Å². The van der Waals surface area contributed by atoms with Crippen LogP contribution >= 0.6 is 0 Å². The SMILES string of the molecule is CCN(CCCN)CCNCCCN(C)C. The third-order valence-electron chi connectivity index (χ3n) is 2.69. The van der Waals surface area contributed by atoms with Gasteiger partial charge in [-0.05, 0) is 59.7 Å². The van der Waals surface area contributed by atoms with Gasteiger partial charge in [-0.2, -0.15) is 0 Å². The Kier molecular flexibility index (Phi) is 11.2. The number of rotatable bonds is 11. The fourth-order valence-electron chi connectivity index (χ4n) is 1.63. The Morgan fingerprint density at radius 1 is 1.00 bits per heavy atom. The molecule has 0 aromatic heterocycles. The van der Waals surface area contributed by atoms with E-state index in [4.69, 9.17) is 5.73 Å². The lowest BCUT2D eigenvalue weighted by atomic mass is 10.3. The molecule has 0 saturated heterocycles. The third kappa shape index (κ3) is 10.4. The van der Waals surface area contributed by atoms with Crippen molar-refractivity contribution in [3.05, 3.63) is 0 Å². The lowest BCUT2D eigenvalue weighted by Gasteiger charge is -2.20. The molecular formula is C12H30N4. The average molecular weight is 230 g/mol. The van der Waals surface area contributed by atoms with Gasteiger partial charge in [-0.1, -0.05) is 6.92 Å². The second-order valence-corrected chi connectivity index (χ2v) is 4.48. The first-order valence-corrected chi connectivity index (χ1v) is 6.48. The second kappa shape index (κ2) is 11.3. The van der Waals surface area contributed by atoms with Crippen LogP contribution in [0.2, 0.25) is 0 Å². The number of nitrogens with two attached hydrogens (primary N) is 1. The number of nitrogens with one attached hydrogen (secondary N) is 1. The molecule has 0 spiro atoms. The molecule has 0 atom stereocenters. The van der Waals surface area contributed by atoms with E-state index in [0.29, 0.717) is 0 Å². The minimum absolute atomic E-state index is 0.798. The first kappa shape index (κ1) is 15.8. The van der Waals surface area contributed by atoms with Crippen molar-refractivity contribution in [2.75, 3.05) is 59.9 Å². The molecule has 0 radical (unpaired) electrons. The molecule has 0 aromatic carbocycles. The fourth-order valence-corrected chi connectivity index (χ4v) is 1.63. The Morgan fingerprint density at radius 3 is 2.31 bits per heavy atom. The maximum Gasteiger partial charge on any atom is 0.0107 e. The van der Waals surface area contributed by atoms with Crippen LogP contribution in [0.15, 0.2) is 0 Å². The predicted molar refractivity (Wildman–Crippen MR) is 71.8 cm³/mol. The number of nitrogens with zero attached hydrogens (tertiary/aromatic N) is 2. The van der Waals surface area contributed by atoms with Gasteiger partial charge < -0.3 is 20.9 Å². The lowest BCUT2D eigenvalue weighted by molar-refractivity contribution is 0.284. The van der Waals surface area contributed by atoms with E-state index in [1.807, 2.05) is 0 Å². The predicted octanol–water partition coefficient (Wildman–Crippen LogP) is 0.198. The summed E-state index contributed by atoms with van der Waals surface area (Å²) >= 11 is 0. The molecule has 0 aliphatic rings. The van der Waals surface area contributed by atoms with Crippen molar-refractivity contribution in [1.82, 2.24) is 15.1 Å². The van der Waals surface area contributed by atoms with E-state index in [9.17, 15) is 0 Å². The Hall–Kier alpha value is -0.160. The van der Waals surface area contributed by atoms with Crippen molar-refractivity contribution in [1.29, 1.82) is 0 Å². The van der Waals surface area contributed by atoms with Gasteiger partial charge in [-0.3, -0.25) is 0 Å². The van der Waals surface area contributed by atoms with Crippen LogP contribution in [0.1, 0.15) is 19.8 Å². The summed E-state index contributed by atoms with van der Waals surface area (Å²) < 4.78 is 0. The van der Waals surface area contributed by atoms with Gasteiger partial charge in [-0.25, -0.2) is 0 Å². The Labute approximate surface area is 101 Å². The summed E-state index contributed by atoms with van der Waals surface area (Å²) in [5.74, 6) is 0. The van der Waals surface area contributed by atoms with Gasteiger partial charge in [0.1, 0.15) is 0 Å². The summed E-state index contributed by atoms with van der Waals surface area (Å²) in [6.45, 7) is 9.77. The van der Waals surface area contributed by atoms with Gasteiger partial charge in [0.25, 0.3) is 0 Å². The van der Waals surface area contributed by atoms with Gasteiger partial charge in [0, 0.05) is 13.1 Å². The van der Waals surface area contributed by atoms with Crippen LogP contribution in [-0.4, -0.2) is 69.7 Å². The van der Waals surface area contributed by atoms with Gasteiger partial charge in [-0.15, -0.1) is 0 Å². The van der Waals surface area contributed by atoms with Crippen LogP contribution in [0, 0.1) is 0 Å². The summed E-state index contributed by atoms with van der Waals surface area (Å²) in [6, 6.07) is 0. The zero-order valence-corrected chi connectivity index (χ0v) is 11.3. The van der Waals surface area contributed by atoms with Crippen LogP contribution in [0.4, 0.5) is 0 Å². The largest absolute Gasteiger partial charge is 0.330 e. The summed E-state index contributed by atoms with van der Waals surface area (Å²) in [5, 5.41) is 3.48. The molecule has 0 heterocycles. The highest BCUT2D eigenvalue weighted by Crippen LogP contribution is 1.89. The van der Waals surface area contributed by atoms with Crippen LogP contribution in [-0.2, 0) is 0 Å². The van der Waals surface area contributed by atoms with Gasteiger partial charge in [0.2, 0.25) is 0 Å². The molecular weight excluding hydrogens is 200 g/mol. The highest BCUT2D eigenvalue weighted by Gasteiger charge is 2.00. The van der Waals surface area contributed by atoms with Crippen LogP contribution in [0.25, 0.3) is 0 Å². The van der Waals surface area contributed by atoms with Gasteiger partial charge >= 0.3 is 0 Å². The number of hydrogen-bond acceptors (Lipinski definition) is 4. The molecule has 4 heteroatoms. The minimum atomic E-state index is 0.798. The van der Waals surface area contributed by atoms with Crippen molar-refractivity contribution >= 4 is 0 Å². The maximum atomic E-state index is 5.51. The molecule has 16 heavy (non-hydrogen) atoms. The summed E-state index contributed by atoms with van der Waals surface area (Å²) in [4.78, 5) is 4.67. The molecule has 0 rings (SSSR count). The minimum Gasteiger partial charge on any atom is -0.330 e. The average Bonchev–Trinajstić information content (AvgIpc) is 2.26. The summed E-state index contributed by atoms with van der Waals surface area (Å²) in [7, 11) is 4.23. The molecule has 0 bridgehead atoms. The van der Waals surface area contributed by atoms with Crippen molar-refractivity contribution in [3.63, 3.8) is 0 Å². The van der Waals surface area contributed by atoms with E-state index < -0.39 is 0 Å². The molecule has 0 fully saturated rings. The molecule has 0 unspecified atom stereocenters. The topological polar surface area (TPSA) is 44.5 Å². The van der Waals surface area contributed by atoms with E-state index >= 15 is 0 Å². The van der Waals surface area contributed by atoms with Crippen molar-refractivity contribution in [2.24, 2.45) is 5.73 Å². The summed E-state index contributed by atoms with van der Waals surface area (Å²) in [5.41, 5.74) is 5.51. The van der Waals surface area contributed by atoms with E-state index in [2.05, 4.69) is 36.1 Å². The lowest BCUT2D eigenvalue weighted by Crippen LogP contribution is -2.34. The van der Waals surface area contributed by atoms with Gasteiger partial charge in [0.15, 0.2) is 0 Å². The zero-order chi connectivity index (χ0) is 12.2. The van der Waals surface area contributed by atoms with Crippen LogP contribution in [0.3, 0.4) is 0 Å². The van der Waals surface area contributed by atoms with Crippen molar-refractivity contribution in [3.8, 4) is 0 Å². The van der Waals surface area contributed by atoms with E-state index in [0.717, 1.165) is 52.2 Å². The molecule has 0 aliphatic carbocycles. The molecule has 0 aromatic rings. The van der Waals surface area contributed by atoms with Crippen molar-refractivity contribution < 1.29 is 0 Å². The maximum absolute atomic E-state index is 5.51. The molecule has 3 N–H and O–H groups in total. The first-order valence-electron chi connectivity index (χ1n) is 6.48. The Bertz CT molecular complexity index is 139. The van der Waals surface area contributed by atoms with E-state index in [1.165, 1.54) is 6.42 Å². The zero-order valence-electron chi connectivity index (χ0n) is 11.3.